The van der Waals surface area contributed by atoms with E-state index >= 15 is 0 Å². The second kappa shape index (κ2) is 29.0. The van der Waals surface area contributed by atoms with Crippen LogP contribution in [0.5, 0.6) is 11.5 Å². The molecule has 0 radical (unpaired) electrons. The molecule has 0 amide bonds. The van der Waals surface area contributed by atoms with Crippen molar-refractivity contribution in [3.05, 3.63) is 23.3 Å². The van der Waals surface area contributed by atoms with Crippen molar-refractivity contribution in [3.8, 4) is 11.5 Å². The third kappa shape index (κ3) is 19.2. The van der Waals surface area contributed by atoms with Crippen LogP contribution >= 0.6 is 48.0 Å². The molecule has 0 fully saturated rings. The van der Waals surface area contributed by atoms with Crippen LogP contribution in [0.15, 0.2) is 12.1 Å². The lowest BCUT2D eigenvalue weighted by molar-refractivity contribution is 0.0176. The van der Waals surface area contributed by atoms with E-state index in [1.807, 2.05) is 0 Å². The lowest BCUT2D eigenvalue weighted by Crippen LogP contribution is -2.26. The second-order valence-corrected chi connectivity index (χ2v) is 12.9. The Morgan fingerprint density at radius 1 is 0.522 bits per heavy atom. The molecular weight excluding hydrogens is 669 g/mol. The summed E-state index contributed by atoms with van der Waals surface area (Å²) >= 11 is 14.7. The van der Waals surface area contributed by atoms with Crippen LogP contribution in [0.1, 0.15) is 38.8 Å². The Morgan fingerprint density at radius 3 is 1.13 bits per heavy atom. The van der Waals surface area contributed by atoms with Gasteiger partial charge in [0.25, 0.3) is 0 Å². The van der Waals surface area contributed by atoms with Gasteiger partial charge in [0.15, 0.2) is 0 Å². The van der Waals surface area contributed by atoms with Crippen LogP contribution in [0.2, 0.25) is 0 Å². The molecule has 0 aliphatic carbocycles. The van der Waals surface area contributed by atoms with E-state index in [1.54, 1.807) is 37.7 Å². The van der Waals surface area contributed by atoms with Crippen LogP contribution in [-0.2, 0) is 39.9 Å². The highest BCUT2D eigenvalue weighted by atomic mass is 32.2. The summed E-state index contributed by atoms with van der Waals surface area (Å²) < 4.78 is 46.7. The standard InChI is InChI=1S/C32H56N2O8S4/c1-7-33(8-2)31(43)45-25-27-23-30(42-22-20-40-18-16-38-14-12-36-6)28(26-46-32(44)34(9-3)10-4)24-29(27)41-21-19-39-17-15-37-13-11-35-5/h23-24H,7-22,25-26H2,1-6H3. The summed E-state index contributed by atoms with van der Waals surface area (Å²) in [6.45, 7) is 17.9. The number of hydrogen-bond acceptors (Lipinski definition) is 12. The smallest absolute Gasteiger partial charge is 0.136 e. The Kier molecular flexibility index (Phi) is 27.2. The first-order chi connectivity index (χ1) is 22.4. The Hall–Kier alpha value is -0.940. The number of thiocarbonyl (C=S) groups is 2. The van der Waals surface area contributed by atoms with Crippen LogP contribution in [0.25, 0.3) is 0 Å². The van der Waals surface area contributed by atoms with Gasteiger partial charge in [-0.25, -0.2) is 0 Å². The Bertz CT molecular complexity index is 866. The minimum atomic E-state index is 0.404. The highest BCUT2D eigenvalue weighted by molar-refractivity contribution is 8.22. The lowest BCUT2D eigenvalue weighted by atomic mass is 10.1. The van der Waals surface area contributed by atoms with E-state index in [-0.39, 0.29) is 0 Å². The number of rotatable bonds is 28. The maximum atomic E-state index is 6.31. The predicted octanol–water partition coefficient (Wildman–Crippen LogP) is 5.52. The van der Waals surface area contributed by atoms with Crippen molar-refractivity contribution in [2.45, 2.75) is 39.2 Å². The minimum Gasteiger partial charge on any atom is -0.491 e. The van der Waals surface area contributed by atoms with Gasteiger partial charge in [0.05, 0.1) is 66.1 Å². The number of ether oxygens (including phenoxy) is 8. The predicted molar refractivity (Wildman–Crippen MR) is 198 cm³/mol. The molecule has 0 unspecified atom stereocenters. The van der Waals surface area contributed by atoms with Crippen LogP contribution in [-0.4, -0.2) is 138 Å². The zero-order chi connectivity index (χ0) is 33.8. The van der Waals surface area contributed by atoms with Crippen LogP contribution < -0.4 is 9.47 Å². The fourth-order valence-electron chi connectivity index (χ4n) is 3.91. The molecule has 266 valence electrons. The van der Waals surface area contributed by atoms with Crippen molar-refractivity contribution >= 4 is 56.6 Å². The molecule has 1 rings (SSSR count). The van der Waals surface area contributed by atoms with Crippen LogP contribution in [0.4, 0.5) is 0 Å². The monoisotopic (exact) mass is 724 g/mol. The molecule has 0 N–H and O–H groups in total. The number of nitrogens with zero attached hydrogens (tertiary/aromatic N) is 2. The maximum Gasteiger partial charge on any atom is 0.136 e. The van der Waals surface area contributed by atoms with E-state index in [0.717, 1.165) is 57.4 Å². The minimum absolute atomic E-state index is 0.404. The fraction of sp³-hybridized carbons (Fsp3) is 0.750. The first-order valence-corrected chi connectivity index (χ1v) is 18.8. The number of thioether (sulfide) groups is 2. The van der Waals surface area contributed by atoms with E-state index in [1.165, 1.54) is 0 Å². The maximum absolute atomic E-state index is 6.31. The van der Waals surface area contributed by atoms with Gasteiger partial charge in [-0.15, -0.1) is 0 Å². The first-order valence-electron chi connectivity index (χ1n) is 16.0. The number of methoxy groups -OCH3 is 2. The Morgan fingerprint density at radius 2 is 0.826 bits per heavy atom. The van der Waals surface area contributed by atoms with E-state index < -0.39 is 0 Å². The lowest BCUT2D eigenvalue weighted by Gasteiger charge is -2.23. The molecule has 0 aliphatic rings. The molecule has 0 aromatic heterocycles. The van der Waals surface area contributed by atoms with Gasteiger partial charge in [0.2, 0.25) is 0 Å². The SMILES string of the molecule is CCN(CC)C(=S)SCc1cc(OCCOCCOCCOC)c(CSC(=S)N(CC)CC)cc1OCCOCCOCCOC. The quantitative estimate of drug-likeness (QED) is 0.0804. The van der Waals surface area contributed by atoms with Gasteiger partial charge in [0.1, 0.15) is 33.4 Å². The summed E-state index contributed by atoms with van der Waals surface area (Å²) in [5.41, 5.74) is 2.01. The molecule has 46 heavy (non-hydrogen) atoms. The Labute approximate surface area is 296 Å². The Balaban J connectivity index is 3.04. The van der Waals surface area contributed by atoms with Gasteiger partial charge < -0.3 is 47.7 Å². The van der Waals surface area contributed by atoms with Crippen molar-refractivity contribution in [2.75, 3.05) is 120 Å². The molecule has 0 bridgehead atoms. The molecule has 1 aromatic carbocycles. The summed E-state index contributed by atoms with van der Waals surface area (Å²) in [5.74, 6) is 2.87. The molecule has 1 aromatic rings. The summed E-state index contributed by atoms with van der Waals surface area (Å²) in [6.07, 6.45) is 0. The molecular formula is C32H56N2O8S4. The molecule has 0 saturated heterocycles. The van der Waals surface area contributed by atoms with Crippen molar-refractivity contribution in [1.29, 1.82) is 0 Å². The van der Waals surface area contributed by atoms with Gasteiger partial charge >= 0.3 is 0 Å². The average molecular weight is 725 g/mol. The van der Waals surface area contributed by atoms with Gasteiger partial charge in [-0.3, -0.25) is 0 Å². The summed E-state index contributed by atoms with van der Waals surface area (Å²) in [4.78, 5) is 4.35. The highest BCUT2D eigenvalue weighted by Crippen LogP contribution is 2.35. The molecule has 14 heteroatoms. The number of hydrogen-bond donors (Lipinski definition) is 0. The average Bonchev–Trinajstić information content (AvgIpc) is 3.06. The van der Waals surface area contributed by atoms with E-state index in [0.29, 0.717) is 90.8 Å². The normalized spacial score (nSPS) is 11.1. The fourth-order valence-corrected chi connectivity index (χ4v) is 6.67. The van der Waals surface area contributed by atoms with Crippen molar-refractivity contribution < 1.29 is 37.9 Å². The summed E-state index contributed by atoms with van der Waals surface area (Å²) in [7, 11) is 3.31. The molecule has 0 heterocycles. The molecule has 10 nitrogen and oxygen atoms in total. The topological polar surface area (TPSA) is 80.3 Å². The van der Waals surface area contributed by atoms with Crippen molar-refractivity contribution in [3.63, 3.8) is 0 Å². The van der Waals surface area contributed by atoms with Gasteiger partial charge in [-0.05, 0) is 39.8 Å². The largest absolute Gasteiger partial charge is 0.491 e. The molecule has 0 atom stereocenters. The van der Waals surface area contributed by atoms with Gasteiger partial charge in [0, 0.05) is 63.0 Å². The zero-order valence-corrected chi connectivity index (χ0v) is 31.9. The van der Waals surface area contributed by atoms with Crippen molar-refractivity contribution in [2.24, 2.45) is 0 Å². The molecule has 0 aliphatic heterocycles. The van der Waals surface area contributed by atoms with Crippen LogP contribution in [0.3, 0.4) is 0 Å². The summed E-state index contributed by atoms with van der Waals surface area (Å²) in [5, 5.41) is 0. The van der Waals surface area contributed by atoms with Gasteiger partial charge in [-0.2, -0.15) is 0 Å². The van der Waals surface area contributed by atoms with Crippen molar-refractivity contribution in [1.82, 2.24) is 9.80 Å². The van der Waals surface area contributed by atoms with Gasteiger partial charge in [-0.1, -0.05) is 48.0 Å². The summed E-state index contributed by atoms with van der Waals surface area (Å²) in [6, 6.07) is 4.14. The number of benzene rings is 1. The second-order valence-electron chi connectivity index (χ2n) is 9.65. The first kappa shape index (κ1) is 43.1. The zero-order valence-electron chi connectivity index (χ0n) is 28.7. The third-order valence-corrected chi connectivity index (χ3v) is 9.71. The van der Waals surface area contributed by atoms with E-state index in [4.69, 9.17) is 62.3 Å². The van der Waals surface area contributed by atoms with E-state index in [2.05, 4.69) is 49.6 Å². The van der Waals surface area contributed by atoms with E-state index in [9.17, 15) is 0 Å². The third-order valence-electron chi connectivity index (χ3n) is 6.57. The molecule has 0 saturated carbocycles. The van der Waals surface area contributed by atoms with Crippen LogP contribution in [0, 0.1) is 0 Å². The highest BCUT2D eigenvalue weighted by Gasteiger charge is 2.17. The molecule has 0 spiro atoms.